The molecule has 0 aromatic heterocycles. The Morgan fingerprint density at radius 1 is 0.971 bits per heavy atom. The van der Waals surface area contributed by atoms with Crippen LogP contribution < -0.4 is 14.2 Å². The van der Waals surface area contributed by atoms with Crippen molar-refractivity contribution in [2.24, 2.45) is 5.41 Å². The van der Waals surface area contributed by atoms with Crippen LogP contribution in [0.15, 0.2) is 30.3 Å². The Morgan fingerprint density at radius 2 is 1.71 bits per heavy atom. The van der Waals surface area contributed by atoms with Gasteiger partial charge in [-0.3, -0.25) is 4.79 Å². The summed E-state index contributed by atoms with van der Waals surface area (Å²) in [5, 5.41) is 0. The lowest BCUT2D eigenvalue weighted by Gasteiger charge is -2.23. The van der Waals surface area contributed by atoms with Crippen molar-refractivity contribution in [2.75, 3.05) is 20.8 Å². The Hall–Kier alpha value is -3.22. The number of carbonyl (C=O) groups is 2. The Kier molecular flexibility index (Phi) is 6.58. The Labute approximate surface area is 205 Å². The second-order valence-electron chi connectivity index (χ2n) is 9.71. The highest BCUT2D eigenvalue weighted by Gasteiger charge is 2.53. The summed E-state index contributed by atoms with van der Waals surface area (Å²) in [6.07, 6.45) is 8.06. The quantitative estimate of drug-likeness (QED) is 0.366. The summed E-state index contributed by atoms with van der Waals surface area (Å²) in [5.41, 5.74) is 2.45. The van der Waals surface area contributed by atoms with Gasteiger partial charge in [0, 0.05) is 11.1 Å². The van der Waals surface area contributed by atoms with Crippen molar-refractivity contribution < 1.29 is 33.3 Å². The third-order valence-electron chi connectivity index (χ3n) is 7.35. The molecule has 2 aromatic rings. The average molecular weight is 481 g/mol. The first-order valence-corrected chi connectivity index (χ1v) is 12.4. The number of hydrogen-bond acceptors (Lipinski definition) is 7. The summed E-state index contributed by atoms with van der Waals surface area (Å²) in [6.45, 7) is 0.462. The Balaban J connectivity index is 1.40. The average Bonchev–Trinajstić information content (AvgIpc) is 3.64. The first-order valence-electron chi connectivity index (χ1n) is 12.4. The van der Waals surface area contributed by atoms with E-state index in [1.54, 1.807) is 20.3 Å². The van der Waals surface area contributed by atoms with Gasteiger partial charge in [0.25, 0.3) is 0 Å². The van der Waals surface area contributed by atoms with Crippen LogP contribution in [0, 0.1) is 5.41 Å². The molecular formula is C28H32O7. The summed E-state index contributed by atoms with van der Waals surface area (Å²) in [5.74, 6) is 1.05. The Morgan fingerprint density at radius 3 is 2.40 bits per heavy atom. The van der Waals surface area contributed by atoms with Crippen molar-refractivity contribution in [1.82, 2.24) is 0 Å². The zero-order valence-corrected chi connectivity index (χ0v) is 20.4. The molecule has 1 aliphatic heterocycles. The fourth-order valence-corrected chi connectivity index (χ4v) is 4.97. The van der Waals surface area contributed by atoms with Gasteiger partial charge in [-0.2, -0.15) is 0 Å². The largest absolute Gasteiger partial charge is 0.493 e. The number of cyclic esters (lactones) is 1. The molecule has 7 heteroatoms. The minimum Gasteiger partial charge on any atom is -0.493 e. The third-order valence-corrected chi connectivity index (χ3v) is 7.35. The molecule has 2 aromatic carbocycles. The maximum atomic E-state index is 13.1. The van der Waals surface area contributed by atoms with E-state index in [1.165, 1.54) is 12.8 Å². The standard InChI is InChI=1S/C28H32O7/c1-31-23-12-11-21(18-9-10-22-19(15-18)16-33-26(22)29)24(25(23)32-2)34-17-28(13-14-28)27(30)35-20-7-5-3-4-6-8-20/h9-12,15,20H,3-8,13-14,16-17H2,1-2H3. The van der Waals surface area contributed by atoms with Crippen molar-refractivity contribution in [1.29, 1.82) is 0 Å². The fourth-order valence-electron chi connectivity index (χ4n) is 4.97. The van der Waals surface area contributed by atoms with E-state index in [9.17, 15) is 9.59 Å². The molecule has 2 saturated carbocycles. The molecule has 5 rings (SSSR count). The maximum absolute atomic E-state index is 13.1. The van der Waals surface area contributed by atoms with Crippen LogP contribution in [0.1, 0.15) is 67.3 Å². The van der Waals surface area contributed by atoms with Gasteiger partial charge >= 0.3 is 11.9 Å². The van der Waals surface area contributed by atoms with E-state index < -0.39 is 5.41 Å². The van der Waals surface area contributed by atoms with Gasteiger partial charge in [0.2, 0.25) is 5.75 Å². The van der Waals surface area contributed by atoms with E-state index in [0.717, 1.165) is 55.2 Å². The topological polar surface area (TPSA) is 80.3 Å². The normalized spacial score (nSPS) is 18.7. The molecule has 0 radical (unpaired) electrons. The molecule has 0 saturated heterocycles. The van der Waals surface area contributed by atoms with E-state index in [2.05, 4.69) is 0 Å². The number of benzene rings is 2. The summed E-state index contributed by atoms with van der Waals surface area (Å²) >= 11 is 0. The smallest absolute Gasteiger partial charge is 0.338 e. The van der Waals surface area contributed by atoms with Gasteiger partial charge < -0.3 is 23.7 Å². The highest BCUT2D eigenvalue weighted by molar-refractivity contribution is 5.94. The molecule has 3 aliphatic rings. The van der Waals surface area contributed by atoms with Crippen LogP contribution in [0.5, 0.6) is 17.2 Å². The van der Waals surface area contributed by atoms with Crippen LogP contribution in [0.25, 0.3) is 11.1 Å². The molecule has 35 heavy (non-hydrogen) atoms. The van der Waals surface area contributed by atoms with Crippen molar-refractivity contribution in [3.63, 3.8) is 0 Å². The SMILES string of the molecule is COc1ccc(-c2ccc3c(c2)COC3=O)c(OCC2(C(=O)OC3CCCCCC3)CC2)c1OC. The van der Waals surface area contributed by atoms with Crippen LogP contribution in [0.2, 0.25) is 0 Å². The molecule has 0 N–H and O–H groups in total. The van der Waals surface area contributed by atoms with Crippen LogP contribution in [0.3, 0.4) is 0 Å². The molecule has 0 unspecified atom stereocenters. The first-order chi connectivity index (χ1) is 17.0. The van der Waals surface area contributed by atoms with E-state index in [0.29, 0.717) is 22.8 Å². The van der Waals surface area contributed by atoms with Gasteiger partial charge in [0.05, 0.1) is 19.8 Å². The highest BCUT2D eigenvalue weighted by Crippen LogP contribution is 2.50. The summed E-state index contributed by atoms with van der Waals surface area (Å²) in [4.78, 5) is 25.0. The molecule has 0 amide bonds. The second-order valence-corrected chi connectivity index (χ2v) is 9.71. The summed E-state index contributed by atoms with van der Waals surface area (Å²) < 4.78 is 28.6. The van der Waals surface area contributed by atoms with E-state index in [-0.39, 0.29) is 31.3 Å². The minimum absolute atomic E-state index is 0.0146. The highest BCUT2D eigenvalue weighted by atomic mass is 16.6. The molecule has 7 nitrogen and oxygen atoms in total. The van der Waals surface area contributed by atoms with E-state index in [4.69, 9.17) is 23.7 Å². The van der Waals surface area contributed by atoms with Gasteiger partial charge in [-0.15, -0.1) is 0 Å². The number of ether oxygens (including phenoxy) is 5. The van der Waals surface area contributed by atoms with Crippen molar-refractivity contribution in [2.45, 2.75) is 64.1 Å². The summed E-state index contributed by atoms with van der Waals surface area (Å²) in [7, 11) is 3.14. The molecule has 2 fully saturated rings. The molecule has 0 bridgehead atoms. The van der Waals surface area contributed by atoms with Gasteiger partial charge in [0.15, 0.2) is 11.5 Å². The van der Waals surface area contributed by atoms with Crippen LogP contribution in [-0.2, 0) is 20.9 Å². The van der Waals surface area contributed by atoms with Gasteiger partial charge in [-0.25, -0.2) is 4.79 Å². The summed E-state index contributed by atoms with van der Waals surface area (Å²) in [6, 6.07) is 9.30. The zero-order valence-electron chi connectivity index (χ0n) is 20.4. The molecule has 2 aliphatic carbocycles. The van der Waals surface area contributed by atoms with Gasteiger partial charge in [-0.05, 0) is 68.4 Å². The van der Waals surface area contributed by atoms with E-state index >= 15 is 0 Å². The fraction of sp³-hybridized carbons (Fsp3) is 0.500. The lowest BCUT2D eigenvalue weighted by Crippen LogP contribution is -2.29. The number of hydrogen-bond donors (Lipinski definition) is 0. The van der Waals surface area contributed by atoms with Crippen molar-refractivity contribution in [3.8, 4) is 28.4 Å². The maximum Gasteiger partial charge on any atom is 0.338 e. The van der Waals surface area contributed by atoms with Crippen LogP contribution in [0.4, 0.5) is 0 Å². The van der Waals surface area contributed by atoms with E-state index in [1.807, 2.05) is 24.3 Å². The molecule has 0 spiro atoms. The monoisotopic (exact) mass is 480 g/mol. The Bertz CT molecular complexity index is 1110. The minimum atomic E-state index is -0.615. The molecule has 186 valence electrons. The molecule has 1 heterocycles. The number of esters is 2. The predicted molar refractivity (Wildman–Crippen MR) is 129 cm³/mol. The van der Waals surface area contributed by atoms with Crippen molar-refractivity contribution >= 4 is 11.9 Å². The van der Waals surface area contributed by atoms with Gasteiger partial charge in [-0.1, -0.05) is 18.9 Å². The molecular weight excluding hydrogens is 448 g/mol. The lowest BCUT2D eigenvalue weighted by molar-refractivity contribution is -0.157. The lowest BCUT2D eigenvalue weighted by atomic mass is 9.99. The van der Waals surface area contributed by atoms with Gasteiger partial charge in [0.1, 0.15) is 24.7 Å². The predicted octanol–water partition coefficient (Wildman–Crippen LogP) is 5.47. The van der Waals surface area contributed by atoms with Crippen molar-refractivity contribution in [3.05, 3.63) is 41.5 Å². The molecule has 0 atom stereocenters. The second kappa shape index (κ2) is 9.80. The number of carbonyl (C=O) groups excluding carboxylic acids is 2. The number of fused-ring (bicyclic) bond motifs is 1. The first kappa shape index (κ1) is 23.5. The zero-order chi connectivity index (χ0) is 24.4. The number of methoxy groups -OCH3 is 2. The third kappa shape index (κ3) is 4.68. The van der Waals surface area contributed by atoms with Crippen LogP contribution >= 0.6 is 0 Å². The van der Waals surface area contributed by atoms with Crippen LogP contribution in [-0.4, -0.2) is 38.9 Å². The number of rotatable bonds is 8.